The summed E-state index contributed by atoms with van der Waals surface area (Å²) in [5.41, 5.74) is 0. The summed E-state index contributed by atoms with van der Waals surface area (Å²) in [5.74, 6) is 0.228. The summed E-state index contributed by atoms with van der Waals surface area (Å²) in [6.45, 7) is 7.34. The summed E-state index contributed by atoms with van der Waals surface area (Å²) in [7, 11) is -3.52. The predicted octanol–water partition coefficient (Wildman–Crippen LogP) is 1.67. The highest BCUT2D eigenvalue weighted by atomic mass is 32.2. The molecule has 1 aromatic rings. The van der Waals surface area contributed by atoms with Crippen molar-refractivity contribution < 1.29 is 17.9 Å². The molecule has 0 aliphatic carbocycles. The lowest BCUT2D eigenvalue weighted by molar-refractivity contribution is -0.123. The number of carbonyl (C=O) groups excluding carboxylic acids is 1. The van der Waals surface area contributed by atoms with Crippen LogP contribution in [0.1, 0.15) is 34.1 Å². The van der Waals surface area contributed by atoms with Crippen LogP contribution in [0.2, 0.25) is 0 Å². The lowest BCUT2D eigenvalue weighted by atomic mass is 10.3. The van der Waals surface area contributed by atoms with E-state index in [1.54, 1.807) is 0 Å². The van der Waals surface area contributed by atoms with Gasteiger partial charge >= 0.3 is 0 Å². The van der Waals surface area contributed by atoms with E-state index in [0.717, 1.165) is 0 Å². The van der Waals surface area contributed by atoms with Gasteiger partial charge in [-0.3, -0.25) is 4.79 Å². The van der Waals surface area contributed by atoms with Crippen LogP contribution < -0.4 is 14.8 Å². The van der Waals surface area contributed by atoms with E-state index >= 15 is 0 Å². The minimum atomic E-state index is -3.52. The summed E-state index contributed by atoms with van der Waals surface area (Å²) in [6, 6.07) is 5.92. The molecule has 0 bridgehead atoms. The van der Waals surface area contributed by atoms with Crippen LogP contribution in [0.5, 0.6) is 5.75 Å². The van der Waals surface area contributed by atoms with E-state index in [0.29, 0.717) is 12.2 Å². The van der Waals surface area contributed by atoms with Gasteiger partial charge in [-0.15, -0.1) is 0 Å². The number of ether oxygens (including phenoxy) is 1. The van der Waals surface area contributed by atoms with E-state index in [2.05, 4.69) is 10.0 Å². The maximum absolute atomic E-state index is 12.1. The number of benzene rings is 1. The molecule has 0 aliphatic heterocycles. The van der Waals surface area contributed by atoms with E-state index in [1.807, 2.05) is 27.7 Å². The highest BCUT2D eigenvalue weighted by Crippen LogP contribution is 2.16. The van der Waals surface area contributed by atoms with Gasteiger partial charge in [0.15, 0.2) is 6.61 Å². The maximum atomic E-state index is 12.1. The minimum absolute atomic E-state index is 0.0512. The van der Waals surface area contributed by atoms with E-state index in [9.17, 15) is 13.2 Å². The van der Waals surface area contributed by atoms with Gasteiger partial charge in [0.1, 0.15) is 5.75 Å². The fourth-order valence-corrected chi connectivity index (χ4v) is 2.97. The number of sulfonamides is 1. The summed E-state index contributed by atoms with van der Waals surface area (Å²) < 4.78 is 32.1. The van der Waals surface area contributed by atoms with E-state index < -0.39 is 10.0 Å². The van der Waals surface area contributed by atoms with Gasteiger partial charge in [-0.25, -0.2) is 13.1 Å². The zero-order valence-electron chi connectivity index (χ0n) is 13.4. The average molecular weight is 328 g/mol. The predicted molar refractivity (Wildman–Crippen MR) is 85.3 cm³/mol. The molecule has 6 nitrogen and oxygen atoms in total. The Morgan fingerprint density at radius 2 is 1.77 bits per heavy atom. The van der Waals surface area contributed by atoms with Crippen LogP contribution in [0.3, 0.4) is 0 Å². The van der Waals surface area contributed by atoms with Gasteiger partial charge in [-0.1, -0.05) is 6.92 Å². The van der Waals surface area contributed by atoms with Crippen LogP contribution in [0.15, 0.2) is 29.2 Å². The summed E-state index contributed by atoms with van der Waals surface area (Å²) in [6.07, 6.45) is 0.714. The van der Waals surface area contributed by atoms with Crippen LogP contribution in [0.25, 0.3) is 0 Å². The van der Waals surface area contributed by atoms with Crippen molar-refractivity contribution in [1.82, 2.24) is 10.0 Å². The Morgan fingerprint density at radius 3 is 2.27 bits per heavy atom. The third-order valence-corrected chi connectivity index (χ3v) is 4.53. The second-order valence-electron chi connectivity index (χ2n) is 5.41. The lowest BCUT2D eigenvalue weighted by Crippen LogP contribution is -2.34. The van der Waals surface area contributed by atoms with Crippen molar-refractivity contribution in [3.63, 3.8) is 0 Å². The molecule has 124 valence electrons. The molecule has 1 amide bonds. The van der Waals surface area contributed by atoms with E-state index in [4.69, 9.17) is 4.74 Å². The standard InChI is InChI=1S/C15H24N2O4S/c1-5-12(4)17-22(19,20)14-8-6-13(7-9-14)21-10-15(18)16-11(2)3/h6-9,11-12,17H,5,10H2,1-4H3,(H,16,18)/t12-/m0/s1. The minimum Gasteiger partial charge on any atom is -0.484 e. The molecule has 2 N–H and O–H groups in total. The molecule has 1 rings (SSSR count). The Bertz CT molecular complexity index is 582. The van der Waals surface area contributed by atoms with Crippen molar-refractivity contribution >= 4 is 15.9 Å². The lowest BCUT2D eigenvalue weighted by Gasteiger charge is -2.13. The molecule has 0 saturated heterocycles. The van der Waals surface area contributed by atoms with Crippen molar-refractivity contribution in [3.8, 4) is 5.75 Å². The van der Waals surface area contributed by atoms with Crippen LogP contribution >= 0.6 is 0 Å². The van der Waals surface area contributed by atoms with Gasteiger partial charge in [0.05, 0.1) is 4.90 Å². The summed E-state index contributed by atoms with van der Waals surface area (Å²) >= 11 is 0. The number of nitrogens with one attached hydrogen (secondary N) is 2. The Morgan fingerprint density at radius 1 is 1.18 bits per heavy atom. The maximum Gasteiger partial charge on any atom is 0.258 e. The molecule has 0 aromatic heterocycles. The number of hydrogen-bond acceptors (Lipinski definition) is 4. The highest BCUT2D eigenvalue weighted by molar-refractivity contribution is 7.89. The van der Waals surface area contributed by atoms with Gasteiger partial charge in [0, 0.05) is 12.1 Å². The first-order chi connectivity index (χ1) is 10.2. The smallest absolute Gasteiger partial charge is 0.258 e. The second-order valence-corrected chi connectivity index (χ2v) is 7.13. The molecule has 0 heterocycles. The van der Waals surface area contributed by atoms with Crippen molar-refractivity contribution in [2.45, 2.75) is 51.1 Å². The van der Waals surface area contributed by atoms with E-state index in [1.165, 1.54) is 24.3 Å². The quantitative estimate of drug-likeness (QED) is 0.760. The van der Waals surface area contributed by atoms with Crippen LogP contribution in [-0.2, 0) is 14.8 Å². The SMILES string of the molecule is CC[C@H](C)NS(=O)(=O)c1ccc(OCC(=O)NC(C)C)cc1. The number of amides is 1. The first-order valence-corrected chi connectivity index (χ1v) is 8.77. The molecule has 0 aliphatic rings. The first-order valence-electron chi connectivity index (χ1n) is 7.29. The normalized spacial score (nSPS) is 13.0. The monoisotopic (exact) mass is 328 g/mol. The third kappa shape index (κ3) is 6.03. The average Bonchev–Trinajstić information content (AvgIpc) is 2.44. The van der Waals surface area contributed by atoms with Crippen LogP contribution in [0, 0.1) is 0 Å². The Labute approximate surface area is 132 Å². The molecule has 22 heavy (non-hydrogen) atoms. The first kappa shape index (κ1) is 18.4. The van der Waals surface area contributed by atoms with Crippen molar-refractivity contribution in [2.24, 2.45) is 0 Å². The fraction of sp³-hybridized carbons (Fsp3) is 0.533. The van der Waals surface area contributed by atoms with Crippen molar-refractivity contribution in [3.05, 3.63) is 24.3 Å². The molecule has 1 atom stereocenters. The van der Waals surface area contributed by atoms with Gasteiger partial charge < -0.3 is 10.1 Å². The van der Waals surface area contributed by atoms with Crippen LogP contribution in [0.4, 0.5) is 0 Å². The number of hydrogen-bond donors (Lipinski definition) is 2. The Kier molecular flexibility index (Phi) is 6.83. The van der Waals surface area contributed by atoms with Gasteiger partial charge in [-0.05, 0) is 51.5 Å². The topological polar surface area (TPSA) is 84.5 Å². The zero-order chi connectivity index (χ0) is 16.8. The van der Waals surface area contributed by atoms with Crippen molar-refractivity contribution in [1.29, 1.82) is 0 Å². The van der Waals surface area contributed by atoms with Gasteiger partial charge in [0.2, 0.25) is 10.0 Å². The zero-order valence-corrected chi connectivity index (χ0v) is 14.2. The molecule has 0 saturated carbocycles. The molecule has 0 fully saturated rings. The molecule has 7 heteroatoms. The Balaban J connectivity index is 2.65. The molecule has 0 unspecified atom stereocenters. The van der Waals surface area contributed by atoms with Gasteiger partial charge in [-0.2, -0.15) is 0 Å². The van der Waals surface area contributed by atoms with Gasteiger partial charge in [0.25, 0.3) is 5.91 Å². The number of rotatable bonds is 8. The molecule has 0 spiro atoms. The highest BCUT2D eigenvalue weighted by Gasteiger charge is 2.16. The molecular formula is C15H24N2O4S. The van der Waals surface area contributed by atoms with Crippen LogP contribution in [-0.4, -0.2) is 33.0 Å². The molecule has 1 aromatic carbocycles. The fourth-order valence-electron chi connectivity index (χ4n) is 1.64. The number of carbonyl (C=O) groups is 1. The summed E-state index contributed by atoms with van der Waals surface area (Å²) in [4.78, 5) is 11.6. The molecular weight excluding hydrogens is 304 g/mol. The second kappa shape index (κ2) is 8.14. The Hall–Kier alpha value is -1.60. The van der Waals surface area contributed by atoms with E-state index in [-0.39, 0.29) is 29.5 Å². The van der Waals surface area contributed by atoms with Crippen molar-refractivity contribution in [2.75, 3.05) is 6.61 Å². The molecule has 0 radical (unpaired) electrons. The summed E-state index contributed by atoms with van der Waals surface area (Å²) in [5, 5.41) is 2.71. The largest absolute Gasteiger partial charge is 0.484 e. The third-order valence-electron chi connectivity index (χ3n) is 2.92.